The highest BCUT2D eigenvalue weighted by atomic mass is 32.2. The molecule has 5 nitrogen and oxygen atoms in total. The second-order valence-electron chi connectivity index (χ2n) is 4.25. The monoisotopic (exact) mass is 312 g/mol. The van der Waals surface area contributed by atoms with E-state index in [-0.39, 0.29) is 9.96 Å². The summed E-state index contributed by atoms with van der Waals surface area (Å²) in [6, 6.07) is 9.41. The van der Waals surface area contributed by atoms with Crippen molar-refractivity contribution in [1.82, 2.24) is 0 Å². The van der Waals surface area contributed by atoms with Crippen LogP contribution >= 0.6 is 11.3 Å². The number of hydrogen-bond acceptors (Lipinski definition) is 5. The number of benzene rings is 1. The minimum Gasteiger partial charge on any atom is -0.508 e. The number of anilines is 1. The molecule has 1 aromatic heterocycles. The molecule has 1 aromatic carbocycles. The summed E-state index contributed by atoms with van der Waals surface area (Å²) in [4.78, 5) is 0.949. The van der Waals surface area contributed by atoms with E-state index in [1.54, 1.807) is 24.3 Å². The summed E-state index contributed by atoms with van der Waals surface area (Å²) in [7, 11) is -2.08. The van der Waals surface area contributed by atoms with Crippen LogP contribution in [-0.2, 0) is 16.4 Å². The van der Waals surface area contributed by atoms with Gasteiger partial charge in [-0.3, -0.25) is 4.31 Å². The molecular formula is C13H16N2O3S2. The van der Waals surface area contributed by atoms with Crippen LogP contribution in [0.15, 0.2) is 40.6 Å². The topological polar surface area (TPSA) is 83.6 Å². The van der Waals surface area contributed by atoms with E-state index in [0.29, 0.717) is 18.7 Å². The van der Waals surface area contributed by atoms with E-state index in [1.807, 2.05) is 0 Å². The molecule has 0 aliphatic rings. The van der Waals surface area contributed by atoms with Crippen molar-refractivity contribution in [2.45, 2.75) is 10.6 Å². The van der Waals surface area contributed by atoms with Crippen molar-refractivity contribution >= 4 is 27.0 Å². The van der Waals surface area contributed by atoms with Crippen LogP contribution in [0.2, 0.25) is 0 Å². The minimum atomic E-state index is -3.57. The Hall–Kier alpha value is -1.57. The van der Waals surface area contributed by atoms with Crippen molar-refractivity contribution in [3.8, 4) is 5.75 Å². The highest BCUT2D eigenvalue weighted by Crippen LogP contribution is 2.28. The zero-order chi connectivity index (χ0) is 14.8. The first-order valence-electron chi connectivity index (χ1n) is 6.02. The summed E-state index contributed by atoms with van der Waals surface area (Å²) in [5.74, 6) is 0.0981. The molecule has 3 N–H and O–H groups in total. The van der Waals surface area contributed by atoms with Crippen LogP contribution in [0.5, 0.6) is 5.75 Å². The fraction of sp³-hybridized carbons (Fsp3) is 0.231. The maximum Gasteiger partial charge on any atom is 0.273 e. The van der Waals surface area contributed by atoms with E-state index in [2.05, 4.69) is 0 Å². The lowest BCUT2D eigenvalue weighted by Gasteiger charge is -2.18. The van der Waals surface area contributed by atoms with Crippen LogP contribution in [-0.4, -0.2) is 27.1 Å². The maximum absolute atomic E-state index is 12.5. The first-order chi connectivity index (χ1) is 9.45. The molecule has 0 amide bonds. The Morgan fingerprint density at radius 3 is 2.45 bits per heavy atom. The Morgan fingerprint density at radius 1 is 1.20 bits per heavy atom. The highest BCUT2D eigenvalue weighted by Gasteiger charge is 2.23. The summed E-state index contributed by atoms with van der Waals surface area (Å²) in [5.41, 5.74) is 5.96. The van der Waals surface area contributed by atoms with Gasteiger partial charge < -0.3 is 10.8 Å². The average Bonchev–Trinajstić information content (AvgIpc) is 2.88. The van der Waals surface area contributed by atoms with E-state index in [4.69, 9.17) is 5.73 Å². The smallest absolute Gasteiger partial charge is 0.273 e. The number of aromatic hydroxyl groups is 1. The van der Waals surface area contributed by atoms with Crippen molar-refractivity contribution in [1.29, 1.82) is 0 Å². The Kier molecular flexibility index (Phi) is 4.32. The van der Waals surface area contributed by atoms with Crippen LogP contribution in [0.25, 0.3) is 0 Å². The van der Waals surface area contributed by atoms with Gasteiger partial charge in [-0.05, 0) is 49.4 Å². The Balaban J connectivity index is 2.30. The zero-order valence-electron chi connectivity index (χ0n) is 11.0. The van der Waals surface area contributed by atoms with Crippen LogP contribution in [0, 0.1) is 0 Å². The number of rotatable bonds is 5. The lowest BCUT2D eigenvalue weighted by atomic mass is 10.3. The van der Waals surface area contributed by atoms with E-state index < -0.39 is 10.0 Å². The number of phenolic OH excluding ortho intramolecular Hbond substituents is 1. The number of sulfonamides is 1. The number of nitrogens with zero attached hydrogens (tertiary/aromatic N) is 1. The summed E-state index contributed by atoms with van der Waals surface area (Å²) in [5, 5.41) is 9.24. The van der Waals surface area contributed by atoms with Gasteiger partial charge in [-0.25, -0.2) is 8.42 Å². The second-order valence-corrected chi connectivity index (χ2v) is 7.61. The summed E-state index contributed by atoms with van der Waals surface area (Å²) < 4.78 is 26.4. The molecule has 0 radical (unpaired) electrons. The largest absolute Gasteiger partial charge is 0.508 e. The Morgan fingerprint density at radius 2 is 1.85 bits per heavy atom. The molecule has 0 fully saturated rings. The molecule has 0 saturated carbocycles. The normalized spacial score (nSPS) is 11.5. The van der Waals surface area contributed by atoms with Crippen LogP contribution in [0.4, 0.5) is 5.69 Å². The van der Waals surface area contributed by atoms with Gasteiger partial charge in [0.05, 0.1) is 5.69 Å². The van der Waals surface area contributed by atoms with Gasteiger partial charge in [0.25, 0.3) is 10.0 Å². The first kappa shape index (κ1) is 14.8. The van der Waals surface area contributed by atoms with Gasteiger partial charge in [0, 0.05) is 11.9 Å². The Labute approximate surface area is 122 Å². The molecular weight excluding hydrogens is 296 g/mol. The number of thiophene rings is 1. The van der Waals surface area contributed by atoms with E-state index in [1.165, 1.54) is 34.8 Å². The number of hydrogen-bond donors (Lipinski definition) is 2. The SMILES string of the molecule is CN(c1ccc(O)cc1)S(=O)(=O)c1ccc(CCN)s1. The zero-order valence-corrected chi connectivity index (χ0v) is 12.6. The fourth-order valence-electron chi connectivity index (χ4n) is 1.71. The molecule has 1 heterocycles. The molecule has 0 aliphatic carbocycles. The lowest BCUT2D eigenvalue weighted by molar-refractivity contribution is 0.475. The highest BCUT2D eigenvalue weighted by molar-refractivity contribution is 7.94. The maximum atomic E-state index is 12.5. The standard InChI is InChI=1S/C13H16N2O3S2/c1-15(10-2-4-11(16)5-3-10)20(17,18)13-7-6-12(19-13)8-9-14/h2-7,16H,8-9,14H2,1H3. The van der Waals surface area contributed by atoms with Gasteiger partial charge in [0.1, 0.15) is 9.96 Å². The molecule has 108 valence electrons. The molecule has 0 atom stereocenters. The molecule has 0 bridgehead atoms. The van der Waals surface area contributed by atoms with E-state index >= 15 is 0 Å². The predicted molar refractivity (Wildman–Crippen MR) is 80.8 cm³/mol. The van der Waals surface area contributed by atoms with E-state index in [9.17, 15) is 13.5 Å². The summed E-state index contributed by atoms with van der Waals surface area (Å²) in [6.07, 6.45) is 0.670. The quantitative estimate of drug-likeness (QED) is 0.881. The fourth-order valence-corrected chi connectivity index (χ4v) is 4.45. The predicted octanol–water partition coefficient (Wildman–Crippen LogP) is 1.78. The third-order valence-electron chi connectivity index (χ3n) is 2.86. The van der Waals surface area contributed by atoms with Gasteiger partial charge in [0.15, 0.2) is 0 Å². The van der Waals surface area contributed by atoms with Gasteiger partial charge in [-0.1, -0.05) is 0 Å². The molecule has 7 heteroatoms. The van der Waals surface area contributed by atoms with Gasteiger partial charge in [-0.2, -0.15) is 0 Å². The Bertz CT molecular complexity index is 678. The van der Waals surface area contributed by atoms with Crippen molar-refractivity contribution in [3.05, 3.63) is 41.3 Å². The lowest BCUT2D eigenvalue weighted by Crippen LogP contribution is -2.25. The number of nitrogens with two attached hydrogens (primary N) is 1. The minimum absolute atomic E-state index is 0.0981. The van der Waals surface area contributed by atoms with Gasteiger partial charge in [-0.15, -0.1) is 11.3 Å². The third kappa shape index (κ3) is 2.95. The molecule has 0 saturated heterocycles. The van der Waals surface area contributed by atoms with Crippen molar-refractivity contribution in [3.63, 3.8) is 0 Å². The average molecular weight is 312 g/mol. The molecule has 0 aliphatic heterocycles. The van der Waals surface area contributed by atoms with E-state index in [0.717, 1.165) is 4.88 Å². The summed E-state index contributed by atoms with van der Waals surface area (Å²) in [6.45, 7) is 0.494. The van der Waals surface area contributed by atoms with Crippen LogP contribution < -0.4 is 10.0 Å². The number of phenols is 1. The van der Waals surface area contributed by atoms with Crippen molar-refractivity contribution < 1.29 is 13.5 Å². The molecule has 0 unspecified atom stereocenters. The summed E-state index contributed by atoms with van der Waals surface area (Å²) >= 11 is 1.23. The first-order valence-corrected chi connectivity index (χ1v) is 8.27. The second kappa shape index (κ2) is 5.82. The van der Waals surface area contributed by atoms with Crippen molar-refractivity contribution in [2.75, 3.05) is 17.9 Å². The van der Waals surface area contributed by atoms with Gasteiger partial charge >= 0.3 is 0 Å². The molecule has 0 spiro atoms. The molecule has 20 heavy (non-hydrogen) atoms. The van der Waals surface area contributed by atoms with Crippen LogP contribution in [0.1, 0.15) is 4.88 Å². The third-order valence-corrected chi connectivity index (χ3v) is 6.25. The molecule has 2 rings (SSSR count). The van der Waals surface area contributed by atoms with Crippen molar-refractivity contribution in [2.24, 2.45) is 5.73 Å². The van der Waals surface area contributed by atoms with Gasteiger partial charge in [0.2, 0.25) is 0 Å². The molecule has 2 aromatic rings. The van der Waals surface area contributed by atoms with Crippen LogP contribution in [0.3, 0.4) is 0 Å².